The van der Waals surface area contributed by atoms with Crippen molar-refractivity contribution in [3.05, 3.63) is 113 Å². The van der Waals surface area contributed by atoms with Gasteiger partial charge in [0.15, 0.2) is 0 Å². The Morgan fingerprint density at radius 1 is 1.00 bits per heavy atom. The molecule has 0 aliphatic carbocycles. The van der Waals surface area contributed by atoms with Crippen molar-refractivity contribution in [3.8, 4) is 5.75 Å². The fourth-order valence-corrected chi connectivity index (χ4v) is 3.55. The van der Waals surface area contributed by atoms with Crippen LogP contribution in [-0.2, 0) is 19.6 Å². The van der Waals surface area contributed by atoms with Crippen LogP contribution in [0.4, 0.5) is 0 Å². The van der Waals surface area contributed by atoms with Crippen molar-refractivity contribution in [1.29, 1.82) is 0 Å². The number of benzene rings is 2. The van der Waals surface area contributed by atoms with E-state index in [1.807, 2.05) is 47.2 Å². The first kappa shape index (κ1) is 21.6. The van der Waals surface area contributed by atoms with E-state index in [4.69, 9.17) is 16.3 Å². The Balaban J connectivity index is 1.57. The number of halogens is 1. The molecule has 0 radical (unpaired) electrons. The molecule has 0 spiro atoms. The molecule has 4 rings (SSSR count). The molecular formula is C25H23ClN4O2. The standard InChI is InChI=1S/C25H23ClN4O2/c1-32-23-10-4-19(5-11-23)16-29-14-13-28-24(29)18-30(17-20-3-2-12-27-15-20)25(31)21-6-8-22(26)9-7-21/h2-15H,16-18H2,1H3. The number of hydrogen-bond donors (Lipinski definition) is 0. The molecule has 0 atom stereocenters. The van der Waals surface area contributed by atoms with Gasteiger partial charge in [0, 0.05) is 48.5 Å². The van der Waals surface area contributed by atoms with Crippen molar-refractivity contribution in [2.45, 2.75) is 19.6 Å². The number of ether oxygens (including phenoxy) is 1. The van der Waals surface area contributed by atoms with Gasteiger partial charge in [0.05, 0.1) is 13.7 Å². The number of carbonyl (C=O) groups excluding carboxylic acids is 1. The first-order valence-electron chi connectivity index (χ1n) is 10.2. The number of hydrogen-bond acceptors (Lipinski definition) is 4. The molecule has 0 bridgehead atoms. The van der Waals surface area contributed by atoms with Crippen molar-refractivity contribution in [2.75, 3.05) is 7.11 Å². The van der Waals surface area contributed by atoms with Gasteiger partial charge >= 0.3 is 0 Å². The summed E-state index contributed by atoms with van der Waals surface area (Å²) in [6, 6.07) is 18.7. The van der Waals surface area contributed by atoms with Gasteiger partial charge in [-0.15, -0.1) is 0 Å². The highest BCUT2D eigenvalue weighted by atomic mass is 35.5. The number of amides is 1. The number of pyridine rings is 1. The molecule has 4 aromatic rings. The molecule has 2 heterocycles. The van der Waals surface area contributed by atoms with E-state index < -0.39 is 0 Å². The van der Waals surface area contributed by atoms with Gasteiger partial charge in [-0.3, -0.25) is 9.78 Å². The quantitative estimate of drug-likeness (QED) is 0.389. The van der Waals surface area contributed by atoms with Gasteiger partial charge < -0.3 is 14.2 Å². The monoisotopic (exact) mass is 446 g/mol. The number of methoxy groups -OCH3 is 1. The third kappa shape index (κ3) is 5.34. The van der Waals surface area contributed by atoms with Crippen LogP contribution < -0.4 is 4.74 Å². The second-order valence-electron chi connectivity index (χ2n) is 7.35. The van der Waals surface area contributed by atoms with Gasteiger partial charge in [-0.2, -0.15) is 0 Å². The van der Waals surface area contributed by atoms with Crippen LogP contribution in [0.3, 0.4) is 0 Å². The van der Waals surface area contributed by atoms with Crippen LogP contribution >= 0.6 is 11.6 Å². The van der Waals surface area contributed by atoms with Crippen molar-refractivity contribution >= 4 is 17.5 Å². The lowest BCUT2D eigenvalue weighted by Gasteiger charge is -2.23. The highest BCUT2D eigenvalue weighted by Gasteiger charge is 2.19. The Labute approximate surface area is 192 Å². The zero-order valence-corrected chi connectivity index (χ0v) is 18.4. The lowest BCUT2D eigenvalue weighted by Crippen LogP contribution is -2.31. The largest absolute Gasteiger partial charge is 0.497 e. The molecule has 0 fully saturated rings. The fraction of sp³-hybridized carbons (Fsp3) is 0.160. The summed E-state index contributed by atoms with van der Waals surface area (Å²) in [5.74, 6) is 1.52. The van der Waals surface area contributed by atoms with Crippen LogP contribution in [-0.4, -0.2) is 32.5 Å². The summed E-state index contributed by atoms with van der Waals surface area (Å²) in [4.78, 5) is 23.8. The Morgan fingerprint density at radius 3 is 2.47 bits per heavy atom. The summed E-state index contributed by atoms with van der Waals surface area (Å²) in [6.45, 7) is 1.43. The van der Waals surface area contributed by atoms with Gasteiger partial charge in [0.2, 0.25) is 0 Å². The fourth-order valence-electron chi connectivity index (χ4n) is 3.42. The minimum Gasteiger partial charge on any atom is -0.497 e. The molecule has 162 valence electrons. The third-order valence-corrected chi connectivity index (χ3v) is 5.37. The van der Waals surface area contributed by atoms with Gasteiger partial charge in [-0.1, -0.05) is 29.8 Å². The smallest absolute Gasteiger partial charge is 0.254 e. The SMILES string of the molecule is COc1ccc(Cn2ccnc2CN(Cc2cccnc2)C(=O)c2ccc(Cl)cc2)cc1. The van der Waals surface area contributed by atoms with Crippen LogP contribution in [0.2, 0.25) is 5.02 Å². The lowest BCUT2D eigenvalue weighted by atomic mass is 10.1. The topological polar surface area (TPSA) is 60.2 Å². The molecule has 0 aliphatic rings. The summed E-state index contributed by atoms with van der Waals surface area (Å²) in [7, 11) is 1.65. The van der Waals surface area contributed by atoms with Crippen molar-refractivity contribution in [3.63, 3.8) is 0 Å². The zero-order chi connectivity index (χ0) is 22.3. The number of carbonyl (C=O) groups is 1. The maximum Gasteiger partial charge on any atom is 0.254 e. The second-order valence-corrected chi connectivity index (χ2v) is 7.79. The normalized spacial score (nSPS) is 10.7. The van der Waals surface area contributed by atoms with Gasteiger partial charge in [-0.05, 0) is 53.6 Å². The maximum absolute atomic E-state index is 13.3. The van der Waals surface area contributed by atoms with E-state index >= 15 is 0 Å². The minimum absolute atomic E-state index is 0.0930. The highest BCUT2D eigenvalue weighted by molar-refractivity contribution is 6.30. The lowest BCUT2D eigenvalue weighted by molar-refractivity contribution is 0.0723. The molecule has 2 aromatic carbocycles. The predicted octanol–water partition coefficient (Wildman–Crippen LogP) is 4.83. The Morgan fingerprint density at radius 2 is 1.78 bits per heavy atom. The summed E-state index contributed by atoms with van der Waals surface area (Å²) in [6.07, 6.45) is 7.17. The highest BCUT2D eigenvalue weighted by Crippen LogP contribution is 2.17. The van der Waals surface area contributed by atoms with Crippen LogP contribution in [0.1, 0.15) is 27.3 Å². The number of aromatic nitrogens is 3. The Hall–Kier alpha value is -3.64. The van der Waals surface area contributed by atoms with Crippen molar-refractivity contribution in [1.82, 2.24) is 19.4 Å². The summed E-state index contributed by atoms with van der Waals surface area (Å²) < 4.78 is 7.29. The van der Waals surface area contributed by atoms with Crippen molar-refractivity contribution < 1.29 is 9.53 Å². The molecule has 0 saturated carbocycles. The third-order valence-electron chi connectivity index (χ3n) is 5.12. The van der Waals surface area contributed by atoms with E-state index in [1.165, 1.54) is 0 Å². The van der Waals surface area contributed by atoms with E-state index in [0.717, 1.165) is 22.7 Å². The van der Waals surface area contributed by atoms with Crippen LogP contribution in [0.5, 0.6) is 5.75 Å². The summed E-state index contributed by atoms with van der Waals surface area (Å²) in [5, 5.41) is 0.593. The number of rotatable bonds is 8. The van der Waals surface area contributed by atoms with Gasteiger partial charge in [0.25, 0.3) is 5.91 Å². The summed E-state index contributed by atoms with van der Waals surface area (Å²) >= 11 is 6.00. The van der Waals surface area contributed by atoms with Crippen LogP contribution in [0.25, 0.3) is 0 Å². The summed E-state index contributed by atoms with van der Waals surface area (Å²) in [5.41, 5.74) is 2.64. The molecule has 7 heteroatoms. The first-order chi connectivity index (χ1) is 15.6. The maximum atomic E-state index is 13.3. The average molecular weight is 447 g/mol. The molecule has 32 heavy (non-hydrogen) atoms. The van der Waals surface area contributed by atoms with Crippen LogP contribution in [0, 0.1) is 0 Å². The molecule has 2 aromatic heterocycles. The Kier molecular flexibility index (Phi) is 6.82. The van der Waals surface area contributed by atoms with Crippen LogP contribution in [0.15, 0.2) is 85.5 Å². The van der Waals surface area contributed by atoms with E-state index in [2.05, 4.69) is 9.97 Å². The minimum atomic E-state index is -0.0930. The molecular weight excluding hydrogens is 424 g/mol. The molecule has 1 amide bonds. The second kappa shape index (κ2) is 10.1. The molecule has 0 N–H and O–H groups in total. The zero-order valence-electron chi connectivity index (χ0n) is 17.7. The van der Waals surface area contributed by atoms with E-state index in [1.54, 1.807) is 54.9 Å². The predicted molar refractivity (Wildman–Crippen MR) is 124 cm³/mol. The van der Waals surface area contributed by atoms with E-state index in [0.29, 0.717) is 30.2 Å². The Bertz CT molecular complexity index is 1160. The molecule has 0 aliphatic heterocycles. The van der Waals surface area contributed by atoms with Gasteiger partial charge in [0.1, 0.15) is 11.6 Å². The number of imidazole rings is 1. The number of nitrogens with zero attached hydrogens (tertiary/aromatic N) is 4. The van der Waals surface area contributed by atoms with E-state index in [9.17, 15) is 4.79 Å². The molecule has 0 unspecified atom stereocenters. The van der Waals surface area contributed by atoms with Crippen molar-refractivity contribution in [2.24, 2.45) is 0 Å². The van der Waals surface area contributed by atoms with Gasteiger partial charge in [-0.25, -0.2) is 4.98 Å². The molecule has 0 saturated heterocycles. The molecule has 6 nitrogen and oxygen atoms in total. The average Bonchev–Trinajstić information content (AvgIpc) is 3.26. The first-order valence-corrected chi connectivity index (χ1v) is 10.6. The van der Waals surface area contributed by atoms with E-state index in [-0.39, 0.29) is 5.91 Å².